The Morgan fingerprint density at radius 2 is 1.88 bits per heavy atom. The molecule has 0 spiro atoms. The standard InChI is InChI=1S/C20H21N3OS/c1-25-14-16-6-8-17(9-7-16)20(24)22-12-18-4-2-3-5-19(18)13-23-11-10-21-15-23/h2-11,15H,12-14H2,1H3,(H,22,24). The van der Waals surface area contributed by atoms with Gasteiger partial charge in [0.15, 0.2) is 0 Å². The monoisotopic (exact) mass is 351 g/mol. The van der Waals surface area contributed by atoms with Crippen LogP contribution in [0.1, 0.15) is 27.0 Å². The van der Waals surface area contributed by atoms with Gasteiger partial charge in [0, 0.05) is 36.8 Å². The molecule has 0 saturated heterocycles. The lowest BCUT2D eigenvalue weighted by molar-refractivity contribution is 0.0951. The van der Waals surface area contributed by atoms with Gasteiger partial charge in [-0.3, -0.25) is 4.79 Å². The maximum absolute atomic E-state index is 12.4. The van der Waals surface area contributed by atoms with E-state index in [0.717, 1.165) is 17.9 Å². The van der Waals surface area contributed by atoms with Crippen LogP contribution in [0.15, 0.2) is 67.3 Å². The molecule has 0 aliphatic heterocycles. The summed E-state index contributed by atoms with van der Waals surface area (Å²) in [6.45, 7) is 1.26. The highest BCUT2D eigenvalue weighted by molar-refractivity contribution is 7.97. The Hall–Kier alpha value is -2.53. The molecule has 128 valence electrons. The molecule has 0 aliphatic carbocycles. The number of hydrogen-bond acceptors (Lipinski definition) is 3. The Labute approximate surface area is 152 Å². The minimum absolute atomic E-state index is 0.0480. The Morgan fingerprint density at radius 1 is 1.12 bits per heavy atom. The highest BCUT2D eigenvalue weighted by Crippen LogP contribution is 2.13. The fraction of sp³-hybridized carbons (Fsp3) is 0.200. The van der Waals surface area contributed by atoms with Gasteiger partial charge in [0.25, 0.3) is 5.91 Å². The molecule has 3 rings (SSSR count). The molecule has 0 aliphatic rings. The summed E-state index contributed by atoms with van der Waals surface area (Å²) in [6, 6.07) is 15.9. The molecule has 0 bridgehead atoms. The topological polar surface area (TPSA) is 46.9 Å². The number of carbonyl (C=O) groups is 1. The van der Waals surface area contributed by atoms with Crippen molar-refractivity contribution >= 4 is 17.7 Å². The molecule has 2 aromatic carbocycles. The Morgan fingerprint density at radius 3 is 2.56 bits per heavy atom. The zero-order chi connectivity index (χ0) is 17.5. The number of thioether (sulfide) groups is 1. The van der Waals surface area contributed by atoms with Gasteiger partial charge in [-0.05, 0) is 35.1 Å². The van der Waals surface area contributed by atoms with Crippen LogP contribution in [0.2, 0.25) is 0 Å². The molecule has 0 saturated carbocycles. The summed E-state index contributed by atoms with van der Waals surface area (Å²) in [4.78, 5) is 16.5. The van der Waals surface area contributed by atoms with E-state index in [2.05, 4.69) is 22.6 Å². The van der Waals surface area contributed by atoms with Crippen LogP contribution in [0, 0.1) is 0 Å². The molecule has 1 heterocycles. The number of benzene rings is 2. The molecule has 0 radical (unpaired) electrons. The van der Waals surface area contributed by atoms with Gasteiger partial charge >= 0.3 is 0 Å². The van der Waals surface area contributed by atoms with Crippen LogP contribution >= 0.6 is 11.8 Å². The highest BCUT2D eigenvalue weighted by atomic mass is 32.2. The highest BCUT2D eigenvalue weighted by Gasteiger charge is 2.08. The Balaban J connectivity index is 1.64. The van der Waals surface area contributed by atoms with Crippen molar-refractivity contribution in [3.05, 3.63) is 89.5 Å². The number of nitrogens with one attached hydrogen (secondary N) is 1. The molecule has 1 aromatic heterocycles. The van der Waals surface area contributed by atoms with Crippen molar-refractivity contribution in [2.24, 2.45) is 0 Å². The fourth-order valence-electron chi connectivity index (χ4n) is 2.66. The summed E-state index contributed by atoms with van der Waals surface area (Å²) in [5.74, 6) is 0.914. The van der Waals surface area contributed by atoms with Crippen LogP contribution < -0.4 is 5.32 Å². The smallest absolute Gasteiger partial charge is 0.251 e. The molecule has 1 N–H and O–H groups in total. The van der Waals surface area contributed by atoms with Gasteiger partial charge in [-0.2, -0.15) is 11.8 Å². The molecule has 25 heavy (non-hydrogen) atoms. The van der Waals surface area contributed by atoms with E-state index in [9.17, 15) is 4.79 Å². The van der Waals surface area contributed by atoms with Crippen molar-refractivity contribution in [3.8, 4) is 0 Å². The molecular weight excluding hydrogens is 330 g/mol. The molecule has 0 unspecified atom stereocenters. The largest absolute Gasteiger partial charge is 0.348 e. The average Bonchev–Trinajstić information content (AvgIpc) is 3.15. The van der Waals surface area contributed by atoms with Crippen molar-refractivity contribution in [2.45, 2.75) is 18.8 Å². The first kappa shape index (κ1) is 17.3. The van der Waals surface area contributed by atoms with Crippen LogP contribution in [0.4, 0.5) is 0 Å². The minimum atomic E-state index is -0.0480. The van der Waals surface area contributed by atoms with Gasteiger partial charge in [-0.25, -0.2) is 4.98 Å². The van der Waals surface area contributed by atoms with Gasteiger partial charge in [0.1, 0.15) is 0 Å². The number of amides is 1. The third-order valence-corrected chi connectivity index (χ3v) is 4.62. The fourth-order valence-corrected chi connectivity index (χ4v) is 3.18. The van der Waals surface area contributed by atoms with Crippen LogP contribution in [0.5, 0.6) is 0 Å². The third-order valence-electron chi connectivity index (χ3n) is 4.00. The van der Waals surface area contributed by atoms with Gasteiger partial charge < -0.3 is 9.88 Å². The maximum Gasteiger partial charge on any atom is 0.251 e. The second-order valence-electron chi connectivity index (χ2n) is 5.82. The minimum Gasteiger partial charge on any atom is -0.348 e. The molecule has 3 aromatic rings. The summed E-state index contributed by atoms with van der Waals surface area (Å²) in [5.41, 5.74) is 4.21. The first-order chi connectivity index (χ1) is 12.3. The van der Waals surface area contributed by atoms with Gasteiger partial charge in [-0.1, -0.05) is 36.4 Å². The van der Waals surface area contributed by atoms with Crippen molar-refractivity contribution in [2.75, 3.05) is 6.26 Å². The van der Waals surface area contributed by atoms with E-state index in [-0.39, 0.29) is 5.91 Å². The van der Waals surface area contributed by atoms with E-state index >= 15 is 0 Å². The average molecular weight is 351 g/mol. The normalized spacial score (nSPS) is 10.6. The van der Waals surface area contributed by atoms with Crippen LogP contribution in [0.25, 0.3) is 0 Å². The van der Waals surface area contributed by atoms with Crippen molar-refractivity contribution in [1.29, 1.82) is 0 Å². The lowest BCUT2D eigenvalue weighted by atomic mass is 10.1. The molecule has 4 nitrogen and oxygen atoms in total. The van der Waals surface area contributed by atoms with Crippen LogP contribution in [-0.4, -0.2) is 21.7 Å². The third kappa shape index (κ3) is 4.73. The summed E-state index contributed by atoms with van der Waals surface area (Å²) >= 11 is 1.77. The van der Waals surface area contributed by atoms with Crippen molar-refractivity contribution < 1.29 is 4.79 Å². The van der Waals surface area contributed by atoms with Crippen LogP contribution in [-0.2, 0) is 18.8 Å². The van der Waals surface area contributed by atoms with Gasteiger partial charge in [0.2, 0.25) is 0 Å². The summed E-state index contributed by atoms with van der Waals surface area (Å²) in [7, 11) is 0. The van der Waals surface area contributed by atoms with E-state index in [1.54, 1.807) is 24.3 Å². The van der Waals surface area contributed by atoms with Gasteiger partial charge in [-0.15, -0.1) is 0 Å². The summed E-state index contributed by atoms with van der Waals surface area (Å²) in [5, 5.41) is 3.02. The zero-order valence-corrected chi connectivity index (χ0v) is 15.0. The van der Waals surface area contributed by atoms with E-state index < -0.39 is 0 Å². The second kappa shape index (κ2) is 8.53. The molecule has 0 atom stereocenters. The molecule has 1 amide bonds. The molecule has 5 heteroatoms. The van der Waals surface area contributed by atoms with Crippen molar-refractivity contribution in [3.63, 3.8) is 0 Å². The first-order valence-electron chi connectivity index (χ1n) is 8.15. The number of aromatic nitrogens is 2. The zero-order valence-electron chi connectivity index (χ0n) is 14.2. The molecular formula is C20H21N3OS. The maximum atomic E-state index is 12.4. The van der Waals surface area contributed by atoms with E-state index in [4.69, 9.17) is 0 Å². The second-order valence-corrected chi connectivity index (χ2v) is 6.68. The number of rotatable bonds is 7. The van der Waals surface area contributed by atoms with E-state index in [1.807, 2.05) is 53.2 Å². The quantitative estimate of drug-likeness (QED) is 0.706. The van der Waals surface area contributed by atoms with E-state index in [0.29, 0.717) is 12.1 Å². The predicted molar refractivity (Wildman–Crippen MR) is 103 cm³/mol. The lowest BCUT2D eigenvalue weighted by Crippen LogP contribution is -2.23. The number of carbonyl (C=O) groups excluding carboxylic acids is 1. The SMILES string of the molecule is CSCc1ccc(C(=O)NCc2ccccc2Cn2ccnc2)cc1. The van der Waals surface area contributed by atoms with Crippen LogP contribution in [0.3, 0.4) is 0 Å². The molecule has 0 fully saturated rings. The first-order valence-corrected chi connectivity index (χ1v) is 9.54. The predicted octanol–water partition coefficient (Wildman–Crippen LogP) is 3.72. The Bertz CT molecular complexity index is 813. The van der Waals surface area contributed by atoms with Gasteiger partial charge in [0.05, 0.1) is 6.33 Å². The van der Waals surface area contributed by atoms with E-state index in [1.165, 1.54) is 11.1 Å². The summed E-state index contributed by atoms with van der Waals surface area (Å²) < 4.78 is 2.02. The Kier molecular flexibility index (Phi) is 5.90. The van der Waals surface area contributed by atoms with Crippen molar-refractivity contribution in [1.82, 2.24) is 14.9 Å². The number of hydrogen-bond donors (Lipinski definition) is 1. The number of nitrogens with zero attached hydrogens (tertiary/aromatic N) is 2. The summed E-state index contributed by atoms with van der Waals surface area (Å²) in [6.07, 6.45) is 7.57. The number of imidazole rings is 1. The lowest BCUT2D eigenvalue weighted by Gasteiger charge is -2.11.